The number of carbonyl (C=O) groups is 2. The van der Waals surface area contributed by atoms with Crippen molar-refractivity contribution >= 4 is 11.8 Å². The van der Waals surface area contributed by atoms with Crippen LogP contribution in [0, 0.1) is 19.3 Å². The zero-order valence-corrected chi connectivity index (χ0v) is 20.5. The predicted octanol–water partition coefficient (Wildman–Crippen LogP) is 3.53. The van der Waals surface area contributed by atoms with Crippen LogP contribution in [0.4, 0.5) is 0 Å². The topological polar surface area (TPSA) is 81.7 Å². The average molecular weight is 464 g/mol. The number of nitrogens with zero attached hydrogens (tertiary/aromatic N) is 1. The maximum absolute atomic E-state index is 13.0. The van der Waals surface area contributed by atoms with Gasteiger partial charge in [-0.1, -0.05) is 44.2 Å². The number of terminal acetylenes is 1. The van der Waals surface area contributed by atoms with Crippen molar-refractivity contribution in [1.82, 2.24) is 15.5 Å². The number of aliphatic hydroxyl groups is 1. The van der Waals surface area contributed by atoms with Gasteiger partial charge in [0.05, 0.1) is 12.1 Å². The first kappa shape index (κ1) is 27.1. The summed E-state index contributed by atoms with van der Waals surface area (Å²) in [6, 6.07) is 14.4. The van der Waals surface area contributed by atoms with Gasteiger partial charge in [-0.2, -0.15) is 0 Å². The van der Waals surface area contributed by atoms with Gasteiger partial charge in [0.2, 0.25) is 0 Å². The highest BCUT2D eigenvalue weighted by Crippen LogP contribution is 2.14. The molecule has 6 heteroatoms. The lowest BCUT2D eigenvalue weighted by Crippen LogP contribution is -2.47. The van der Waals surface area contributed by atoms with E-state index in [9.17, 15) is 14.7 Å². The molecule has 182 valence electrons. The van der Waals surface area contributed by atoms with Crippen molar-refractivity contribution in [2.24, 2.45) is 0 Å². The maximum atomic E-state index is 13.0. The van der Waals surface area contributed by atoms with Gasteiger partial charge in [0, 0.05) is 43.7 Å². The first-order chi connectivity index (χ1) is 16.4. The van der Waals surface area contributed by atoms with Gasteiger partial charge in [0.1, 0.15) is 0 Å². The van der Waals surface area contributed by atoms with Crippen LogP contribution in [0.5, 0.6) is 0 Å². The number of rotatable bonds is 13. The molecule has 0 radical (unpaired) electrons. The Bertz CT molecular complexity index is 963. The largest absolute Gasteiger partial charge is 0.390 e. The van der Waals surface area contributed by atoms with Gasteiger partial charge in [-0.3, -0.25) is 9.59 Å². The zero-order chi connectivity index (χ0) is 24.9. The Kier molecular flexibility index (Phi) is 11.3. The highest BCUT2D eigenvalue weighted by molar-refractivity contribution is 6.00. The SMILES string of the molecule is C#CC[C@H](NC(=O)c1cc(C)cc(C(=O)N(CCC)CCC)c1)[C@H](O)CNCc1ccccc1. The number of amides is 2. The summed E-state index contributed by atoms with van der Waals surface area (Å²) in [6.45, 7) is 8.17. The predicted molar refractivity (Wildman–Crippen MR) is 137 cm³/mol. The molecule has 2 aromatic rings. The monoisotopic (exact) mass is 463 g/mol. The lowest BCUT2D eigenvalue weighted by Gasteiger charge is -2.24. The summed E-state index contributed by atoms with van der Waals surface area (Å²) in [4.78, 5) is 27.9. The minimum atomic E-state index is -0.862. The van der Waals surface area contributed by atoms with Crippen LogP contribution in [0.2, 0.25) is 0 Å². The van der Waals surface area contributed by atoms with Crippen molar-refractivity contribution in [1.29, 1.82) is 0 Å². The third-order valence-corrected chi connectivity index (χ3v) is 5.50. The Balaban J connectivity index is 2.08. The van der Waals surface area contributed by atoms with E-state index in [-0.39, 0.29) is 24.8 Å². The second kappa shape index (κ2) is 14.2. The molecule has 0 unspecified atom stereocenters. The minimum absolute atomic E-state index is 0.0771. The van der Waals surface area contributed by atoms with Gasteiger partial charge in [-0.15, -0.1) is 12.3 Å². The van der Waals surface area contributed by atoms with Gasteiger partial charge in [0.15, 0.2) is 0 Å². The standard InChI is InChI=1S/C28H37N3O3/c1-5-11-25(26(32)20-29-19-22-12-9-8-10-13-22)30-27(33)23-16-21(4)17-24(18-23)28(34)31(14-6-2)15-7-3/h1,8-10,12-13,16-18,25-26,29,32H,6-7,11,14-15,19-20H2,2-4H3,(H,30,33)/t25-,26+/m0/s1. The van der Waals surface area contributed by atoms with Crippen molar-refractivity contribution in [3.8, 4) is 12.3 Å². The molecule has 0 bridgehead atoms. The molecule has 0 aromatic heterocycles. The van der Waals surface area contributed by atoms with Crippen molar-refractivity contribution < 1.29 is 14.7 Å². The molecule has 2 amide bonds. The fourth-order valence-corrected chi connectivity index (χ4v) is 3.84. The molecule has 0 fully saturated rings. The van der Waals surface area contributed by atoms with Gasteiger partial charge < -0.3 is 20.6 Å². The first-order valence-electron chi connectivity index (χ1n) is 12.0. The highest BCUT2D eigenvalue weighted by Gasteiger charge is 2.22. The second-order valence-corrected chi connectivity index (χ2v) is 8.55. The number of hydrogen-bond donors (Lipinski definition) is 3. The van der Waals surface area contributed by atoms with Crippen molar-refractivity contribution in [2.75, 3.05) is 19.6 Å². The van der Waals surface area contributed by atoms with E-state index in [0.29, 0.717) is 30.8 Å². The molecule has 3 N–H and O–H groups in total. The van der Waals surface area contributed by atoms with Gasteiger partial charge >= 0.3 is 0 Å². The lowest BCUT2D eigenvalue weighted by molar-refractivity contribution is 0.0755. The van der Waals surface area contributed by atoms with Crippen LogP contribution >= 0.6 is 0 Å². The van der Waals surface area contributed by atoms with Crippen molar-refractivity contribution in [3.05, 3.63) is 70.8 Å². The van der Waals surface area contributed by atoms with Gasteiger partial charge in [-0.25, -0.2) is 0 Å². The Hall–Kier alpha value is -3.14. The lowest BCUT2D eigenvalue weighted by atomic mass is 10.0. The molecule has 0 saturated heterocycles. The smallest absolute Gasteiger partial charge is 0.253 e. The Morgan fingerprint density at radius 2 is 1.71 bits per heavy atom. The van der Waals surface area contributed by atoms with Gasteiger partial charge in [-0.05, 0) is 49.1 Å². The summed E-state index contributed by atoms with van der Waals surface area (Å²) < 4.78 is 0. The molecule has 0 heterocycles. The second-order valence-electron chi connectivity index (χ2n) is 8.55. The molecule has 6 nitrogen and oxygen atoms in total. The van der Waals surface area contributed by atoms with Crippen LogP contribution in [0.1, 0.15) is 65.0 Å². The molecule has 0 aliphatic rings. The molecular weight excluding hydrogens is 426 g/mol. The Morgan fingerprint density at radius 3 is 2.32 bits per heavy atom. The average Bonchev–Trinajstić information content (AvgIpc) is 2.83. The highest BCUT2D eigenvalue weighted by atomic mass is 16.3. The van der Waals surface area contributed by atoms with E-state index in [0.717, 1.165) is 24.0 Å². The molecular formula is C28H37N3O3. The maximum Gasteiger partial charge on any atom is 0.253 e. The molecule has 0 saturated carbocycles. The summed E-state index contributed by atoms with van der Waals surface area (Å²) in [7, 11) is 0. The number of carbonyl (C=O) groups excluding carboxylic acids is 2. The van der Waals surface area contributed by atoms with E-state index in [1.165, 1.54) is 0 Å². The van der Waals surface area contributed by atoms with Crippen molar-refractivity contribution in [2.45, 2.75) is 58.7 Å². The van der Waals surface area contributed by atoms with Gasteiger partial charge in [0.25, 0.3) is 11.8 Å². The van der Waals surface area contributed by atoms with Crippen LogP contribution in [0.3, 0.4) is 0 Å². The molecule has 0 aliphatic heterocycles. The summed E-state index contributed by atoms with van der Waals surface area (Å²) in [5.74, 6) is 2.09. The van der Waals surface area contributed by atoms with Crippen LogP contribution in [-0.4, -0.2) is 53.6 Å². The number of aryl methyl sites for hydroxylation is 1. The zero-order valence-electron chi connectivity index (χ0n) is 20.5. The third-order valence-electron chi connectivity index (χ3n) is 5.50. The summed E-state index contributed by atoms with van der Waals surface area (Å²) in [5.41, 5.74) is 2.79. The first-order valence-corrected chi connectivity index (χ1v) is 12.0. The van der Waals surface area contributed by atoms with E-state index in [1.54, 1.807) is 18.2 Å². The normalized spacial score (nSPS) is 12.4. The van der Waals surface area contributed by atoms with Crippen LogP contribution in [0.25, 0.3) is 0 Å². The molecule has 2 aromatic carbocycles. The molecule has 0 spiro atoms. The molecule has 2 atom stereocenters. The fraction of sp³-hybridized carbons (Fsp3) is 0.429. The Morgan fingerprint density at radius 1 is 1.06 bits per heavy atom. The van der Waals surface area contributed by atoms with E-state index in [2.05, 4.69) is 16.6 Å². The van der Waals surface area contributed by atoms with E-state index in [4.69, 9.17) is 6.42 Å². The summed E-state index contributed by atoms with van der Waals surface area (Å²) >= 11 is 0. The van der Waals surface area contributed by atoms with E-state index >= 15 is 0 Å². The molecule has 0 aliphatic carbocycles. The number of benzene rings is 2. The Labute approximate surface area is 203 Å². The number of hydrogen-bond acceptors (Lipinski definition) is 4. The molecule has 34 heavy (non-hydrogen) atoms. The third kappa shape index (κ3) is 8.33. The number of aliphatic hydroxyl groups excluding tert-OH is 1. The fourth-order valence-electron chi connectivity index (χ4n) is 3.84. The summed E-state index contributed by atoms with van der Waals surface area (Å²) in [6.07, 6.45) is 6.57. The minimum Gasteiger partial charge on any atom is -0.390 e. The quantitative estimate of drug-likeness (QED) is 0.397. The van der Waals surface area contributed by atoms with E-state index in [1.807, 2.05) is 56.0 Å². The molecule has 2 rings (SSSR count). The van der Waals surface area contributed by atoms with Crippen LogP contribution in [-0.2, 0) is 6.54 Å². The number of nitrogens with one attached hydrogen (secondary N) is 2. The van der Waals surface area contributed by atoms with Crippen LogP contribution in [0.15, 0.2) is 48.5 Å². The summed E-state index contributed by atoms with van der Waals surface area (Å²) in [5, 5.41) is 16.7. The van der Waals surface area contributed by atoms with Crippen molar-refractivity contribution in [3.63, 3.8) is 0 Å². The van der Waals surface area contributed by atoms with E-state index < -0.39 is 12.1 Å². The van der Waals surface area contributed by atoms with Crippen LogP contribution < -0.4 is 10.6 Å².